The highest BCUT2D eigenvalue weighted by Crippen LogP contribution is 2.17. The number of nitrogens with zero attached hydrogens (tertiary/aromatic N) is 1. The van der Waals surface area contributed by atoms with E-state index in [-0.39, 0.29) is 18.1 Å². The Bertz CT molecular complexity index is 377. The Kier molecular flexibility index (Phi) is 3.82. The largest absolute Gasteiger partial charge is 0.299 e. The van der Waals surface area contributed by atoms with Crippen molar-refractivity contribution in [1.82, 2.24) is 5.32 Å². The van der Waals surface area contributed by atoms with Gasteiger partial charge in [-0.15, -0.1) is 0 Å². The van der Waals surface area contributed by atoms with E-state index in [0.717, 1.165) is 0 Å². The Morgan fingerprint density at radius 1 is 1.12 bits per heavy atom. The first-order valence-corrected chi connectivity index (χ1v) is 5.22. The predicted molar refractivity (Wildman–Crippen MR) is 62.3 cm³/mol. The summed E-state index contributed by atoms with van der Waals surface area (Å²) in [5, 5.41) is 3.85. The minimum absolute atomic E-state index is 0.0859. The summed E-state index contributed by atoms with van der Waals surface area (Å²) in [5.74, 6) is -0.469. The van der Waals surface area contributed by atoms with Crippen LogP contribution >= 0.6 is 0 Å². The van der Waals surface area contributed by atoms with Gasteiger partial charge in [0.25, 0.3) is 5.91 Å². The zero-order valence-electron chi connectivity index (χ0n) is 9.86. The van der Waals surface area contributed by atoms with Gasteiger partial charge in [-0.1, -0.05) is 39.0 Å². The third-order valence-corrected chi connectivity index (χ3v) is 2.16. The minimum Gasteiger partial charge on any atom is -0.299 e. The lowest BCUT2D eigenvalue weighted by atomic mass is 9.89. The summed E-state index contributed by atoms with van der Waals surface area (Å²) in [6.07, 6.45) is -0.127. The van der Waals surface area contributed by atoms with Crippen LogP contribution in [-0.2, 0) is 9.59 Å². The zero-order chi connectivity index (χ0) is 12.2. The number of hydrogen-bond donors (Lipinski definition) is 0. The fraction of sp³-hybridized carbons (Fsp3) is 0.385. The molecule has 0 bridgehead atoms. The SMILES string of the molecule is CC(C)(C)C(=O)CC(=O)[N]c1ccccc1. The average Bonchev–Trinajstić information content (AvgIpc) is 2.17. The maximum atomic E-state index is 11.6. The molecular weight excluding hydrogens is 202 g/mol. The van der Waals surface area contributed by atoms with Gasteiger partial charge >= 0.3 is 0 Å². The number of benzene rings is 1. The van der Waals surface area contributed by atoms with Gasteiger partial charge in [-0.05, 0) is 12.1 Å². The smallest absolute Gasteiger partial charge is 0.253 e. The van der Waals surface area contributed by atoms with E-state index < -0.39 is 5.41 Å². The fourth-order valence-corrected chi connectivity index (χ4v) is 1.09. The molecule has 1 aromatic carbocycles. The predicted octanol–water partition coefficient (Wildman–Crippen LogP) is 2.45. The van der Waals surface area contributed by atoms with E-state index in [9.17, 15) is 9.59 Å². The molecule has 0 atom stereocenters. The first kappa shape index (κ1) is 12.4. The van der Waals surface area contributed by atoms with Crippen molar-refractivity contribution in [2.75, 3.05) is 0 Å². The molecule has 3 heteroatoms. The highest BCUT2D eigenvalue weighted by molar-refractivity contribution is 6.01. The third kappa shape index (κ3) is 3.85. The van der Waals surface area contributed by atoms with E-state index in [0.29, 0.717) is 5.69 Å². The average molecular weight is 218 g/mol. The van der Waals surface area contributed by atoms with E-state index in [1.807, 2.05) is 6.07 Å². The molecule has 1 radical (unpaired) electrons. The number of Topliss-reactive ketones (excluding diaryl/α,β-unsaturated/α-hetero) is 1. The van der Waals surface area contributed by atoms with Crippen LogP contribution in [0.3, 0.4) is 0 Å². The second-order valence-electron chi connectivity index (χ2n) is 4.69. The molecule has 0 unspecified atom stereocenters. The van der Waals surface area contributed by atoms with Gasteiger partial charge in [0.15, 0.2) is 0 Å². The van der Waals surface area contributed by atoms with Crippen molar-refractivity contribution >= 4 is 17.4 Å². The van der Waals surface area contributed by atoms with Gasteiger partial charge in [-0.25, -0.2) is 5.32 Å². The van der Waals surface area contributed by atoms with Crippen LogP contribution in [0.15, 0.2) is 30.3 Å². The molecular formula is C13H16NO2. The Morgan fingerprint density at radius 2 is 1.69 bits per heavy atom. The Hall–Kier alpha value is -1.64. The van der Waals surface area contributed by atoms with Gasteiger partial charge in [0, 0.05) is 5.41 Å². The topological polar surface area (TPSA) is 48.2 Å². The molecule has 0 spiro atoms. The molecule has 0 N–H and O–H groups in total. The van der Waals surface area contributed by atoms with E-state index in [2.05, 4.69) is 5.32 Å². The highest BCUT2D eigenvalue weighted by atomic mass is 16.2. The molecule has 3 nitrogen and oxygen atoms in total. The molecule has 0 aromatic heterocycles. The van der Waals surface area contributed by atoms with Crippen LogP contribution in [0.1, 0.15) is 27.2 Å². The second-order valence-corrected chi connectivity index (χ2v) is 4.69. The van der Waals surface area contributed by atoms with Gasteiger partial charge in [0.05, 0.1) is 12.1 Å². The lowest BCUT2D eigenvalue weighted by molar-refractivity contribution is -0.132. The Balaban J connectivity index is 2.52. The van der Waals surface area contributed by atoms with Crippen LogP contribution in [0.25, 0.3) is 0 Å². The minimum atomic E-state index is -0.484. The summed E-state index contributed by atoms with van der Waals surface area (Å²) in [7, 11) is 0. The number of carbonyl (C=O) groups is 2. The number of carbonyl (C=O) groups excluding carboxylic acids is 2. The lowest BCUT2D eigenvalue weighted by Gasteiger charge is -2.15. The number of para-hydroxylation sites is 1. The Labute approximate surface area is 95.9 Å². The molecule has 1 aromatic rings. The summed E-state index contributed by atoms with van der Waals surface area (Å²) < 4.78 is 0. The summed E-state index contributed by atoms with van der Waals surface area (Å²) in [6.45, 7) is 5.39. The van der Waals surface area contributed by atoms with Crippen molar-refractivity contribution in [3.05, 3.63) is 30.3 Å². The van der Waals surface area contributed by atoms with E-state index in [1.165, 1.54) is 0 Å². The first-order chi connectivity index (χ1) is 7.39. The Morgan fingerprint density at radius 3 is 2.19 bits per heavy atom. The maximum absolute atomic E-state index is 11.6. The monoisotopic (exact) mass is 218 g/mol. The van der Waals surface area contributed by atoms with Crippen molar-refractivity contribution in [3.63, 3.8) is 0 Å². The maximum Gasteiger partial charge on any atom is 0.253 e. The van der Waals surface area contributed by atoms with Crippen molar-refractivity contribution in [2.24, 2.45) is 5.41 Å². The van der Waals surface area contributed by atoms with Gasteiger partial charge in [-0.2, -0.15) is 0 Å². The lowest BCUT2D eigenvalue weighted by Crippen LogP contribution is -2.25. The molecule has 0 saturated heterocycles. The van der Waals surface area contributed by atoms with Gasteiger partial charge in [0.1, 0.15) is 5.78 Å². The molecule has 1 amide bonds. The molecule has 1 rings (SSSR count). The molecule has 16 heavy (non-hydrogen) atoms. The normalized spacial score (nSPS) is 10.9. The van der Waals surface area contributed by atoms with Crippen LogP contribution < -0.4 is 5.32 Å². The molecule has 0 fully saturated rings. The first-order valence-electron chi connectivity index (χ1n) is 5.22. The van der Waals surface area contributed by atoms with Crippen molar-refractivity contribution < 1.29 is 9.59 Å². The number of amides is 1. The van der Waals surface area contributed by atoms with Gasteiger partial charge in [0.2, 0.25) is 0 Å². The van der Waals surface area contributed by atoms with Crippen LogP contribution in [0.5, 0.6) is 0 Å². The van der Waals surface area contributed by atoms with E-state index in [1.54, 1.807) is 45.0 Å². The molecule has 0 saturated carbocycles. The zero-order valence-corrected chi connectivity index (χ0v) is 9.86. The van der Waals surface area contributed by atoms with Crippen LogP contribution in [0.2, 0.25) is 0 Å². The number of hydrogen-bond acceptors (Lipinski definition) is 2. The fourth-order valence-electron chi connectivity index (χ4n) is 1.09. The quantitative estimate of drug-likeness (QED) is 0.732. The number of rotatable bonds is 3. The molecule has 0 aliphatic rings. The van der Waals surface area contributed by atoms with E-state index >= 15 is 0 Å². The molecule has 0 aliphatic heterocycles. The van der Waals surface area contributed by atoms with Crippen molar-refractivity contribution in [2.45, 2.75) is 27.2 Å². The van der Waals surface area contributed by atoms with E-state index in [4.69, 9.17) is 0 Å². The summed E-state index contributed by atoms with van der Waals surface area (Å²) in [6, 6.07) is 8.93. The third-order valence-electron chi connectivity index (χ3n) is 2.16. The van der Waals surface area contributed by atoms with Crippen LogP contribution in [0, 0.1) is 5.41 Å². The van der Waals surface area contributed by atoms with Crippen molar-refractivity contribution in [3.8, 4) is 0 Å². The number of ketones is 1. The molecule has 85 valence electrons. The van der Waals surface area contributed by atoms with Crippen LogP contribution in [0.4, 0.5) is 5.69 Å². The molecule has 0 heterocycles. The van der Waals surface area contributed by atoms with Gasteiger partial charge in [-0.3, -0.25) is 9.59 Å². The summed E-state index contributed by atoms with van der Waals surface area (Å²) in [5.41, 5.74) is 0.108. The van der Waals surface area contributed by atoms with Gasteiger partial charge < -0.3 is 0 Å². The standard InChI is InChI=1S/C13H16NO2/c1-13(2,3)11(15)9-12(16)14-10-7-5-4-6-8-10/h4-8H,9H2,1-3H3. The summed E-state index contributed by atoms with van der Waals surface area (Å²) in [4.78, 5) is 23.1. The highest BCUT2D eigenvalue weighted by Gasteiger charge is 2.23. The van der Waals surface area contributed by atoms with Crippen molar-refractivity contribution in [1.29, 1.82) is 0 Å². The summed E-state index contributed by atoms with van der Waals surface area (Å²) >= 11 is 0. The van der Waals surface area contributed by atoms with Crippen LogP contribution in [-0.4, -0.2) is 11.7 Å². The second kappa shape index (κ2) is 4.92. The molecule has 0 aliphatic carbocycles.